The van der Waals surface area contributed by atoms with E-state index in [0.717, 1.165) is 34.0 Å². The van der Waals surface area contributed by atoms with Crippen LogP contribution < -0.4 is 9.64 Å². The van der Waals surface area contributed by atoms with Gasteiger partial charge in [-0.25, -0.2) is 4.98 Å². The minimum absolute atomic E-state index is 0.114. The Bertz CT molecular complexity index is 953. The summed E-state index contributed by atoms with van der Waals surface area (Å²) in [6.07, 6.45) is 0.914. The number of fused-ring (bicyclic) bond motifs is 2. The standard InChI is InChI=1S/C20H21N3O2S/c1-3-25-15-8-9-16-17(11-15)22-20(21-16)26-12-19(24)23-13(2)10-14-6-4-5-7-18(14)23/h4-9,11,13H,3,10,12H2,1-2H3,(H,21,22). The molecule has 1 N–H and O–H groups in total. The zero-order chi connectivity index (χ0) is 18.1. The first-order valence-electron chi connectivity index (χ1n) is 8.81. The summed E-state index contributed by atoms with van der Waals surface area (Å²) in [5, 5.41) is 0.752. The fraction of sp³-hybridized carbons (Fsp3) is 0.300. The molecule has 0 aliphatic carbocycles. The number of benzene rings is 2. The number of rotatable bonds is 5. The average Bonchev–Trinajstić information content (AvgIpc) is 3.19. The van der Waals surface area contributed by atoms with Gasteiger partial charge in [0.25, 0.3) is 0 Å². The number of aromatic nitrogens is 2. The van der Waals surface area contributed by atoms with Gasteiger partial charge in [0.1, 0.15) is 5.75 Å². The lowest BCUT2D eigenvalue weighted by molar-refractivity contribution is -0.116. The third-order valence-corrected chi connectivity index (χ3v) is 5.41. The number of para-hydroxylation sites is 1. The molecule has 6 heteroatoms. The predicted molar refractivity (Wildman–Crippen MR) is 105 cm³/mol. The largest absolute Gasteiger partial charge is 0.494 e. The van der Waals surface area contributed by atoms with E-state index in [1.807, 2.05) is 48.2 Å². The Morgan fingerprint density at radius 3 is 3.04 bits per heavy atom. The van der Waals surface area contributed by atoms with Gasteiger partial charge in [-0.05, 0) is 44.0 Å². The van der Waals surface area contributed by atoms with E-state index in [-0.39, 0.29) is 11.9 Å². The lowest BCUT2D eigenvalue weighted by Crippen LogP contribution is -2.36. The van der Waals surface area contributed by atoms with E-state index >= 15 is 0 Å². The molecule has 0 bridgehead atoms. The van der Waals surface area contributed by atoms with Crippen molar-refractivity contribution in [1.29, 1.82) is 0 Å². The van der Waals surface area contributed by atoms with Gasteiger partial charge in [0.15, 0.2) is 5.16 Å². The Morgan fingerprint density at radius 1 is 1.35 bits per heavy atom. The maximum Gasteiger partial charge on any atom is 0.237 e. The van der Waals surface area contributed by atoms with Crippen LogP contribution in [0.3, 0.4) is 0 Å². The van der Waals surface area contributed by atoms with Crippen molar-refractivity contribution in [2.75, 3.05) is 17.3 Å². The summed E-state index contributed by atoms with van der Waals surface area (Å²) in [6.45, 7) is 4.69. The molecule has 2 heterocycles. The molecular weight excluding hydrogens is 346 g/mol. The minimum atomic E-state index is 0.114. The molecule has 0 fully saturated rings. The summed E-state index contributed by atoms with van der Waals surface area (Å²) < 4.78 is 5.52. The quantitative estimate of drug-likeness (QED) is 0.692. The van der Waals surface area contributed by atoms with Crippen molar-refractivity contribution in [3.8, 4) is 5.75 Å². The van der Waals surface area contributed by atoms with Gasteiger partial charge < -0.3 is 14.6 Å². The molecule has 134 valence electrons. The molecule has 1 amide bonds. The van der Waals surface area contributed by atoms with Crippen molar-refractivity contribution in [1.82, 2.24) is 9.97 Å². The lowest BCUT2D eigenvalue weighted by atomic mass is 10.1. The van der Waals surface area contributed by atoms with Gasteiger partial charge in [-0.3, -0.25) is 4.79 Å². The summed E-state index contributed by atoms with van der Waals surface area (Å²) in [4.78, 5) is 22.5. The third kappa shape index (κ3) is 3.17. The van der Waals surface area contributed by atoms with E-state index in [2.05, 4.69) is 23.0 Å². The Hall–Kier alpha value is -2.47. The van der Waals surface area contributed by atoms with E-state index in [1.165, 1.54) is 17.3 Å². The SMILES string of the molecule is CCOc1ccc2nc(SCC(=O)N3c4ccccc4CC3C)[nH]c2c1. The molecule has 0 saturated heterocycles. The Morgan fingerprint density at radius 2 is 2.19 bits per heavy atom. The molecule has 1 aromatic heterocycles. The van der Waals surface area contributed by atoms with Gasteiger partial charge in [-0.1, -0.05) is 30.0 Å². The number of amides is 1. The van der Waals surface area contributed by atoms with Gasteiger partial charge in [-0.15, -0.1) is 0 Å². The molecule has 5 nitrogen and oxygen atoms in total. The van der Waals surface area contributed by atoms with Crippen molar-refractivity contribution >= 4 is 34.4 Å². The minimum Gasteiger partial charge on any atom is -0.494 e. The molecule has 1 atom stereocenters. The highest BCUT2D eigenvalue weighted by Gasteiger charge is 2.30. The second-order valence-electron chi connectivity index (χ2n) is 6.39. The summed E-state index contributed by atoms with van der Waals surface area (Å²) in [5.41, 5.74) is 4.08. The van der Waals surface area contributed by atoms with Gasteiger partial charge >= 0.3 is 0 Å². The van der Waals surface area contributed by atoms with E-state index < -0.39 is 0 Å². The molecule has 26 heavy (non-hydrogen) atoms. The summed E-state index contributed by atoms with van der Waals surface area (Å²) in [6, 6.07) is 14.1. The first-order valence-corrected chi connectivity index (χ1v) is 9.79. The fourth-order valence-corrected chi connectivity index (χ4v) is 4.18. The molecule has 4 rings (SSSR count). The fourth-order valence-electron chi connectivity index (χ4n) is 3.44. The van der Waals surface area contributed by atoms with E-state index in [9.17, 15) is 4.79 Å². The van der Waals surface area contributed by atoms with E-state index in [0.29, 0.717) is 12.4 Å². The number of H-pyrrole nitrogens is 1. The number of ether oxygens (including phenoxy) is 1. The van der Waals surface area contributed by atoms with E-state index in [1.54, 1.807) is 0 Å². The van der Waals surface area contributed by atoms with Crippen molar-refractivity contribution in [3.05, 3.63) is 48.0 Å². The Labute approximate surface area is 156 Å². The van der Waals surface area contributed by atoms with Gasteiger partial charge in [-0.2, -0.15) is 0 Å². The maximum atomic E-state index is 12.8. The van der Waals surface area contributed by atoms with Crippen molar-refractivity contribution in [2.24, 2.45) is 0 Å². The molecule has 2 aromatic carbocycles. The average molecular weight is 367 g/mol. The normalized spacial score (nSPS) is 16.1. The molecule has 1 aliphatic rings. The first-order chi connectivity index (χ1) is 12.7. The number of anilines is 1. The van der Waals surface area contributed by atoms with Crippen LogP contribution in [0.4, 0.5) is 5.69 Å². The van der Waals surface area contributed by atoms with Gasteiger partial charge in [0.05, 0.1) is 23.4 Å². The summed E-state index contributed by atoms with van der Waals surface area (Å²) in [7, 11) is 0. The monoisotopic (exact) mass is 367 g/mol. The number of imidazole rings is 1. The molecule has 0 spiro atoms. The Balaban J connectivity index is 1.47. The third-order valence-electron chi connectivity index (χ3n) is 4.55. The van der Waals surface area contributed by atoms with Crippen LogP contribution in [-0.2, 0) is 11.2 Å². The van der Waals surface area contributed by atoms with Crippen LogP contribution in [0.15, 0.2) is 47.6 Å². The summed E-state index contributed by atoms with van der Waals surface area (Å²) >= 11 is 1.44. The zero-order valence-corrected chi connectivity index (χ0v) is 15.7. The molecule has 1 unspecified atom stereocenters. The molecule has 0 saturated carbocycles. The molecule has 3 aromatic rings. The lowest BCUT2D eigenvalue weighted by Gasteiger charge is -2.22. The summed E-state index contributed by atoms with van der Waals surface area (Å²) in [5.74, 6) is 1.29. The van der Waals surface area contributed by atoms with Crippen molar-refractivity contribution < 1.29 is 9.53 Å². The van der Waals surface area contributed by atoms with Crippen LogP contribution in [0, 0.1) is 0 Å². The topological polar surface area (TPSA) is 58.2 Å². The van der Waals surface area contributed by atoms with Crippen LogP contribution in [0.2, 0.25) is 0 Å². The first kappa shape index (κ1) is 17.0. The number of aromatic amines is 1. The second-order valence-corrected chi connectivity index (χ2v) is 7.35. The number of nitrogens with one attached hydrogen (secondary N) is 1. The Kier molecular flexibility index (Phi) is 4.59. The van der Waals surface area contributed by atoms with Crippen LogP contribution in [0.25, 0.3) is 11.0 Å². The molecule has 1 aliphatic heterocycles. The number of carbonyl (C=O) groups is 1. The number of carbonyl (C=O) groups excluding carboxylic acids is 1. The molecular formula is C20H21N3O2S. The van der Waals surface area contributed by atoms with Crippen LogP contribution in [0.1, 0.15) is 19.4 Å². The molecule has 0 radical (unpaired) electrons. The van der Waals surface area contributed by atoms with Crippen LogP contribution in [-0.4, -0.2) is 34.3 Å². The smallest absolute Gasteiger partial charge is 0.237 e. The number of hydrogen-bond donors (Lipinski definition) is 1. The zero-order valence-electron chi connectivity index (χ0n) is 14.9. The van der Waals surface area contributed by atoms with Crippen molar-refractivity contribution in [3.63, 3.8) is 0 Å². The highest BCUT2D eigenvalue weighted by molar-refractivity contribution is 7.99. The highest BCUT2D eigenvalue weighted by Crippen LogP contribution is 2.33. The predicted octanol–water partition coefficient (Wildman–Crippen LogP) is 4.03. The van der Waals surface area contributed by atoms with Gasteiger partial charge in [0, 0.05) is 17.8 Å². The van der Waals surface area contributed by atoms with Gasteiger partial charge in [0.2, 0.25) is 5.91 Å². The van der Waals surface area contributed by atoms with Crippen LogP contribution in [0.5, 0.6) is 5.75 Å². The maximum absolute atomic E-state index is 12.8. The highest BCUT2D eigenvalue weighted by atomic mass is 32.2. The van der Waals surface area contributed by atoms with Crippen molar-refractivity contribution in [2.45, 2.75) is 31.5 Å². The van der Waals surface area contributed by atoms with E-state index in [4.69, 9.17) is 4.74 Å². The second kappa shape index (κ2) is 7.03. The number of nitrogens with zero attached hydrogens (tertiary/aromatic N) is 2. The number of thioether (sulfide) groups is 1. The number of hydrogen-bond acceptors (Lipinski definition) is 4. The van der Waals surface area contributed by atoms with Crippen LogP contribution >= 0.6 is 11.8 Å².